The van der Waals surface area contributed by atoms with Gasteiger partial charge in [-0.15, -0.1) is 0 Å². The summed E-state index contributed by atoms with van der Waals surface area (Å²) < 4.78 is 0. The third-order valence-corrected chi connectivity index (χ3v) is 3.10. The van der Waals surface area contributed by atoms with Gasteiger partial charge in [-0.25, -0.2) is 0 Å². The van der Waals surface area contributed by atoms with Crippen LogP contribution >= 0.6 is 12.5 Å². The van der Waals surface area contributed by atoms with Gasteiger partial charge in [0.2, 0.25) is 0 Å². The Balaban J connectivity index is 2.16. The first-order valence-corrected chi connectivity index (χ1v) is 6.26. The van der Waals surface area contributed by atoms with Crippen molar-refractivity contribution in [2.45, 2.75) is 6.42 Å². The van der Waals surface area contributed by atoms with Crippen LogP contribution in [0.5, 0.6) is 0 Å². The number of nitrogens with zero attached hydrogens (tertiary/aromatic N) is 1. The average Bonchev–Trinajstić information content (AvgIpc) is 2.39. The molecular formula is C13H12BNO3S. The van der Waals surface area contributed by atoms with Crippen molar-refractivity contribution in [1.82, 2.24) is 0 Å². The van der Waals surface area contributed by atoms with Gasteiger partial charge in [0.15, 0.2) is 0 Å². The van der Waals surface area contributed by atoms with E-state index >= 15 is 0 Å². The zero-order chi connectivity index (χ0) is 13.8. The fraction of sp³-hybridized carbons (Fsp3) is 0.0769. The van der Waals surface area contributed by atoms with Gasteiger partial charge in [0.05, 0.1) is 4.92 Å². The maximum atomic E-state index is 10.6. The second-order valence-electron chi connectivity index (χ2n) is 4.22. The Morgan fingerprint density at radius 3 is 2.42 bits per heavy atom. The monoisotopic (exact) mass is 273 g/mol. The summed E-state index contributed by atoms with van der Waals surface area (Å²) in [5, 5.41) is 20.0. The Morgan fingerprint density at radius 2 is 1.84 bits per heavy atom. The van der Waals surface area contributed by atoms with Crippen LogP contribution < -0.4 is 5.46 Å². The van der Waals surface area contributed by atoms with Crippen molar-refractivity contribution in [3.05, 3.63) is 69.8 Å². The summed E-state index contributed by atoms with van der Waals surface area (Å²) in [5.41, 5.74) is 2.84. The smallest absolute Gasteiger partial charge is 0.390 e. The minimum Gasteiger partial charge on any atom is -0.438 e. The van der Waals surface area contributed by atoms with E-state index in [1.807, 2.05) is 18.2 Å². The van der Waals surface area contributed by atoms with Gasteiger partial charge in [-0.05, 0) is 23.0 Å². The SMILES string of the molecule is O=[N+]([O-])c1ccc(Cc2cccc(B(O)S)c2)cc1. The molecule has 6 heteroatoms. The van der Waals surface area contributed by atoms with E-state index in [0.29, 0.717) is 6.42 Å². The van der Waals surface area contributed by atoms with Gasteiger partial charge in [0.1, 0.15) is 0 Å². The van der Waals surface area contributed by atoms with Crippen LogP contribution in [-0.2, 0) is 6.42 Å². The molecule has 0 saturated heterocycles. The van der Waals surface area contributed by atoms with Gasteiger partial charge in [-0.1, -0.05) is 36.4 Å². The molecule has 0 aliphatic heterocycles. The molecule has 96 valence electrons. The topological polar surface area (TPSA) is 63.4 Å². The summed E-state index contributed by atoms with van der Waals surface area (Å²) in [7, 11) is 0. The summed E-state index contributed by atoms with van der Waals surface area (Å²) in [6.45, 7) is 0. The van der Waals surface area contributed by atoms with Crippen LogP contribution in [0.15, 0.2) is 48.5 Å². The molecule has 0 spiro atoms. The Labute approximate surface area is 116 Å². The number of nitro groups is 1. The van der Waals surface area contributed by atoms with E-state index in [-0.39, 0.29) is 5.69 Å². The summed E-state index contributed by atoms with van der Waals surface area (Å²) in [6.07, 6.45) is -0.136. The number of nitro benzene ring substituents is 1. The predicted molar refractivity (Wildman–Crippen MR) is 78.9 cm³/mol. The number of hydrogen-bond donors (Lipinski definition) is 2. The number of non-ortho nitro benzene ring substituents is 1. The highest BCUT2D eigenvalue weighted by Gasteiger charge is 2.09. The second-order valence-corrected chi connectivity index (χ2v) is 4.71. The van der Waals surface area contributed by atoms with Gasteiger partial charge >= 0.3 is 6.19 Å². The van der Waals surface area contributed by atoms with Crippen molar-refractivity contribution in [3.63, 3.8) is 0 Å². The zero-order valence-corrected chi connectivity index (χ0v) is 11.0. The first kappa shape index (κ1) is 13.6. The van der Waals surface area contributed by atoms with E-state index in [1.165, 1.54) is 12.1 Å². The molecule has 0 heterocycles. The summed E-state index contributed by atoms with van der Waals surface area (Å²) in [4.78, 5) is 10.1. The van der Waals surface area contributed by atoms with Crippen LogP contribution in [0.2, 0.25) is 0 Å². The lowest BCUT2D eigenvalue weighted by molar-refractivity contribution is -0.384. The van der Waals surface area contributed by atoms with Gasteiger partial charge in [-0.2, -0.15) is 12.5 Å². The van der Waals surface area contributed by atoms with Crippen LogP contribution in [0.3, 0.4) is 0 Å². The van der Waals surface area contributed by atoms with Crippen molar-refractivity contribution in [2.75, 3.05) is 0 Å². The Morgan fingerprint density at radius 1 is 1.16 bits per heavy atom. The molecule has 2 aromatic carbocycles. The molecule has 0 amide bonds. The van der Waals surface area contributed by atoms with E-state index < -0.39 is 11.1 Å². The normalized spacial score (nSPS) is 10.2. The molecule has 0 radical (unpaired) electrons. The molecule has 0 aliphatic rings. The number of hydrogen-bond acceptors (Lipinski definition) is 4. The molecule has 2 rings (SSSR count). The lowest BCUT2D eigenvalue weighted by atomic mass is 9.85. The first-order chi connectivity index (χ1) is 9.06. The molecule has 4 nitrogen and oxygen atoms in total. The van der Waals surface area contributed by atoms with E-state index in [0.717, 1.165) is 16.6 Å². The minimum atomic E-state index is -0.795. The molecule has 2 aromatic rings. The van der Waals surface area contributed by atoms with Gasteiger partial charge in [0, 0.05) is 12.1 Å². The molecule has 0 atom stereocenters. The third kappa shape index (κ3) is 3.59. The Hall–Kier alpha value is -1.79. The van der Waals surface area contributed by atoms with E-state index in [2.05, 4.69) is 12.5 Å². The minimum absolute atomic E-state index is 0.0864. The maximum absolute atomic E-state index is 10.6. The van der Waals surface area contributed by atoms with E-state index in [4.69, 9.17) is 0 Å². The van der Waals surface area contributed by atoms with Gasteiger partial charge in [-0.3, -0.25) is 10.1 Å². The third-order valence-electron chi connectivity index (χ3n) is 2.80. The molecular weight excluding hydrogens is 261 g/mol. The van der Waals surface area contributed by atoms with Crippen molar-refractivity contribution in [2.24, 2.45) is 0 Å². The molecule has 0 unspecified atom stereocenters. The quantitative estimate of drug-likeness (QED) is 0.386. The van der Waals surface area contributed by atoms with Crippen LogP contribution in [0.4, 0.5) is 5.69 Å². The van der Waals surface area contributed by atoms with Crippen LogP contribution in [-0.4, -0.2) is 16.1 Å². The highest BCUT2D eigenvalue weighted by atomic mass is 32.1. The maximum Gasteiger partial charge on any atom is 0.390 e. The van der Waals surface area contributed by atoms with Crippen molar-refractivity contribution in [3.8, 4) is 0 Å². The van der Waals surface area contributed by atoms with Crippen LogP contribution in [0.25, 0.3) is 0 Å². The van der Waals surface area contributed by atoms with Gasteiger partial charge in [0.25, 0.3) is 5.69 Å². The standard InChI is InChI=1S/C13H12BNO3S/c16-14(19)12-3-1-2-11(9-12)8-10-4-6-13(7-5-10)15(17)18/h1-7,9,16,19H,8H2. The molecule has 0 aliphatic carbocycles. The van der Waals surface area contributed by atoms with Crippen molar-refractivity contribution < 1.29 is 9.95 Å². The summed E-state index contributed by atoms with van der Waals surface area (Å²) >= 11 is 3.98. The predicted octanol–water partition coefficient (Wildman–Crippen LogP) is 1.80. The Bertz CT molecular complexity index is 587. The van der Waals surface area contributed by atoms with E-state index in [1.54, 1.807) is 18.2 Å². The number of rotatable bonds is 4. The summed E-state index contributed by atoms with van der Waals surface area (Å²) in [5.74, 6) is 0. The van der Waals surface area contributed by atoms with E-state index in [9.17, 15) is 15.1 Å². The molecule has 0 bridgehead atoms. The van der Waals surface area contributed by atoms with Crippen molar-refractivity contribution >= 4 is 29.8 Å². The van der Waals surface area contributed by atoms with Gasteiger partial charge < -0.3 is 5.02 Å². The Kier molecular flexibility index (Phi) is 4.24. The van der Waals surface area contributed by atoms with Crippen molar-refractivity contribution in [1.29, 1.82) is 0 Å². The highest BCUT2D eigenvalue weighted by Crippen LogP contribution is 2.14. The molecule has 0 aromatic heterocycles. The average molecular weight is 273 g/mol. The number of thiol groups is 1. The first-order valence-electron chi connectivity index (χ1n) is 5.74. The van der Waals surface area contributed by atoms with Crippen LogP contribution in [0.1, 0.15) is 11.1 Å². The van der Waals surface area contributed by atoms with Crippen LogP contribution in [0, 0.1) is 10.1 Å². The molecule has 0 fully saturated rings. The molecule has 1 N–H and O–H groups in total. The fourth-order valence-electron chi connectivity index (χ4n) is 1.83. The zero-order valence-electron chi connectivity index (χ0n) is 10.1. The molecule has 0 saturated carbocycles. The number of benzene rings is 2. The highest BCUT2D eigenvalue weighted by molar-refractivity contribution is 8.10. The summed E-state index contributed by atoms with van der Waals surface area (Å²) in [6, 6.07) is 13.9. The lowest BCUT2D eigenvalue weighted by Gasteiger charge is -2.05. The largest absolute Gasteiger partial charge is 0.438 e. The second kappa shape index (κ2) is 5.90. The fourth-order valence-corrected chi connectivity index (χ4v) is 2.00. The lowest BCUT2D eigenvalue weighted by Crippen LogP contribution is -2.24. The molecule has 19 heavy (non-hydrogen) atoms.